The molecule has 1 N–H and O–H groups in total. The summed E-state index contributed by atoms with van der Waals surface area (Å²) in [6.45, 7) is 3.46. The maximum Gasteiger partial charge on any atom is 0.271 e. The number of ketones is 1. The minimum absolute atomic E-state index is 0.0550. The van der Waals surface area contributed by atoms with Gasteiger partial charge in [-0.1, -0.05) is 37.8 Å². The Morgan fingerprint density at radius 1 is 1.25 bits per heavy atom. The fourth-order valence-electron chi connectivity index (χ4n) is 2.94. The van der Waals surface area contributed by atoms with Crippen LogP contribution in [0.1, 0.15) is 54.1 Å². The number of aromatic nitrogens is 1. The van der Waals surface area contributed by atoms with Crippen LogP contribution >= 0.6 is 11.6 Å². The second-order valence-electron chi connectivity index (χ2n) is 6.49. The molecule has 1 aromatic heterocycles. The molecule has 0 amide bonds. The number of pyridine rings is 1. The van der Waals surface area contributed by atoms with Crippen LogP contribution in [-0.4, -0.2) is 22.1 Å². The molecule has 0 radical (unpaired) electrons. The van der Waals surface area contributed by atoms with E-state index in [0.717, 1.165) is 23.8 Å². The third-order valence-corrected chi connectivity index (χ3v) is 4.75. The quantitative estimate of drug-likeness (QED) is 0.500. The Labute approximate surface area is 168 Å². The Kier molecular flexibility index (Phi) is 7.65. The standard InChI is InChI=1S/C21H23ClN2O4/c1-3-4-5-6-11-24-20(26)17(12-23)14(2)19(21(24)27)18(25)13-28-16-9-7-15(22)8-10-16/h7-10,27H,3-6,11,13H2,1-2H3. The Morgan fingerprint density at radius 2 is 1.93 bits per heavy atom. The summed E-state index contributed by atoms with van der Waals surface area (Å²) in [5.74, 6) is -0.477. The normalized spacial score (nSPS) is 10.5. The van der Waals surface area contributed by atoms with E-state index in [1.807, 2.05) is 6.07 Å². The van der Waals surface area contributed by atoms with Crippen molar-refractivity contribution in [3.05, 3.63) is 56.3 Å². The number of carbonyl (C=O) groups is 1. The number of hydrogen-bond acceptors (Lipinski definition) is 5. The number of Topliss-reactive ketones (excluding diaryl/α,β-unsaturated/α-hetero) is 1. The Hall–Kier alpha value is -2.78. The maximum atomic E-state index is 12.7. The summed E-state index contributed by atoms with van der Waals surface area (Å²) >= 11 is 5.82. The molecule has 0 spiro atoms. The van der Waals surface area contributed by atoms with E-state index in [1.54, 1.807) is 24.3 Å². The molecule has 2 aromatic rings. The van der Waals surface area contributed by atoms with Gasteiger partial charge in [0, 0.05) is 11.6 Å². The molecule has 1 aromatic carbocycles. The van der Waals surface area contributed by atoms with Gasteiger partial charge in [0.05, 0.1) is 5.56 Å². The maximum absolute atomic E-state index is 12.7. The van der Waals surface area contributed by atoms with E-state index in [2.05, 4.69) is 6.92 Å². The van der Waals surface area contributed by atoms with Crippen molar-refractivity contribution in [2.75, 3.05) is 6.61 Å². The number of unbranched alkanes of at least 4 members (excludes halogenated alkanes) is 3. The predicted octanol–water partition coefficient (Wildman–Crippen LogP) is 4.23. The van der Waals surface area contributed by atoms with Crippen molar-refractivity contribution >= 4 is 17.4 Å². The zero-order valence-corrected chi connectivity index (χ0v) is 16.8. The van der Waals surface area contributed by atoms with Gasteiger partial charge < -0.3 is 9.84 Å². The smallest absolute Gasteiger partial charge is 0.271 e. The van der Waals surface area contributed by atoms with Crippen LogP contribution in [-0.2, 0) is 6.54 Å². The van der Waals surface area contributed by atoms with Gasteiger partial charge in [0.15, 0.2) is 6.61 Å². The first kappa shape index (κ1) is 21.5. The number of nitrogens with zero attached hydrogens (tertiary/aromatic N) is 2. The number of hydrogen-bond donors (Lipinski definition) is 1. The zero-order chi connectivity index (χ0) is 20.7. The van der Waals surface area contributed by atoms with E-state index in [-0.39, 0.29) is 29.8 Å². The van der Waals surface area contributed by atoms with Crippen molar-refractivity contribution in [2.24, 2.45) is 0 Å². The predicted molar refractivity (Wildman–Crippen MR) is 107 cm³/mol. The average molecular weight is 403 g/mol. The van der Waals surface area contributed by atoms with Crippen LogP contribution in [0.2, 0.25) is 5.02 Å². The third-order valence-electron chi connectivity index (χ3n) is 4.50. The van der Waals surface area contributed by atoms with Crippen molar-refractivity contribution in [3.63, 3.8) is 0 Å². The summed E-state index contributed by atoms with van der Waals surface area (Å²) in [7, 11) is 0. The minimum atomic E-state index is -0.579. The second kappa shape index (κ2) is 9.95. The molecular formula is C21H23ClN2O4. The van der Waals surface area contributed by atoms with Crippen LogP contribution in [0.25, 0.3) is 0 Å². The van der Waals surface area contributed by atoms with Gasteiger partial charge in [0.25, 0.3) is 5.56 Å². The third kappa shape index (κ3) is 4.93. The lowest BCUT2D eigenvalue weighted by Gasteiger charge is -2.15. The van der Waals surface area contributed by atoms with Crippen LogP contribution in [0.5, 0.6) is 11.6 Å². The van der Waals surface area contributed by atoms with Crippen molar-refractivity contribution in [2.45, 2.75) is 46.1 Å². The molecule has 0 aliphatic heterocycles. The molecule has 0 atom stereocenters. The topological polar surface area (TPSA) is 92.3 Å². The fourth-order valence-corrected chi connectivity index (χ4v) is 3.07. The van der Waals surface area contributed by atoms with Gasteiger partial charge in [0.1, 0.15) is 17.4 Å². The number of aromatic hydroxyl groups is 1. The van der Waals surface area contributed by atoms with Gasteiger partial charge in [-0.3, -0.25) is 14.2 Å². The Bertz CT molecular complexity index is 943. The summed E-state index contributed by atoms with van der Waals surface area (Å²) in [5.41, 5.74) is -0.604. The number of benzene rings is 1. The van der Waals surface area contributed by atoms with Gasteiger partial charge in [-0.05, 0) is 43.2 Å². The van der Waals surface area contributed by atoms with E-state index in [4.69, 9.17) is 16.3 Å². The summed E-state index contributed by atoms with van der Waals surface area (Å²) in [5, 5.41) is 20.5. The van der Waals surface area contributed by atoms with E-state index in [1.165, 1.54) is 6.92 Å². The SMILES string of the molecule is CCCCCCn1c(O)c(C(=O)COc2ccc(Cl)cc2)c(C)c(C#N)c1=O. The van der Waals surface area contributed by atoms with E-state index >= 15 is 0 Å². The first-order chi connectivity index (χ1) is 13.4. The lowest BCUT2D eigenvalue weighted by molar-refractivity contribution is 0.0916. The molecule has 0 unspecified atom stereocenters. The Balaban J connectivity index is 2.30. The lowest BCUT2D eigenvalue weighted by Crippen LogP contribution is -2.27. The molecule has 6 nitrogen and oxygen atoms in total. The van der Waals surface area contributed by atoms with Gasteiger partial charge in [-0.25, -0.2) is 0 Å². The molecule has 0 aliphatic carbocycles. The molecule has 1 heterocycles. The van der Waals surface area contributed by atoms with Crippen LogP contribution in [0.15, 0.2) is 29.1 Å². The first-order valence-corrected chi connectivity index (χ1v) is 9.56. The molecule has 2 rings (SSSR count). The number of carbonyl (C=O) groups excluding carboxylic acids is 1. The highest BCUT2D eigenvalue weighted by atomic mass is 35.5. The molecule has 0 saturated heterocycles. The fraction of sp³-hybridized carbons (Fsp3) is 0.381. The van der Waals surface area contributed by atoms with Crippen LogP contribution < -0.4 is 10.3 Å². The van der Waals surface area contributed by atoms with Gasteiger partial charge >= 0.3 is 0 Å². The van der Waals surface area contributed by atoms with Crippen LogP contribution in [0.4, 0.5) is 0 Å². The van der Waals surface area contributed by atoms with Crippen LogP contribution in [0.3, 0.4) is 0 Å². The van der Waals surface area contributed by atoms with Gasteiger partial charge in [0.2, 0.25) is 11.7 Å². The van der Waals surface area contributed by atoms with Crippen molar-refractivity contribution < 1.29 is 14.6 Å². The van der Waals surface area contributed by atoms with Crippen molar-refractivity contribution in [1.29, 1.82) is 5.26 Å². The van der Waals surface area contributed by atoms with E-state index < -0.39 is 17.2 Å². The summed E-state index contributed by atoms with van der Waals surface area (Å²) in [6, 6.07) is 8.37. The molecular weight excluding hydrogens is 380 g/mol. The largest absolute Gasteiger partial charge is 0.494 e. The van der Waals surface area contributed by atoms with E-state index in [0.29, 0.717) is 17.2 Å². The zero-order valence-electron chi connectivity index (χ0n) is 16.0. The number of halogens is 1. The molecule has 0 aliphatic rings. The summed E-state index contributed by atoms with van der Waals surface area (Å²) < 4.78 is 6.56. The molecule has 0 fully saturated rings. The number of nitriles is 1. The summed E-state index contributed by atoms with van der Waals surface area (Å²) in [4.78, 5) is 25.2. The van der Waals surface area contributed by atoms with Crippen molar-refractivity contribution in [1.82, 2.24) is 4.57 Å². The molecule has 28 heavy (non-hydrogen) atoms. The van der Waals surface area contributed by atoms with Gasteiger partial charge in [-0.2, -0.15) is 5.26 Å². The summed E-state index contributed by atoms with van der Waals surface area (Å²) in [6.07, 6.45) is 3.60. The van der Waals surface area contributed by atoms with Crippen molar-refractivity contribution in [3.8, 4) is 17.7 Å². The number of ether oxygens (including phenoxy) is 1. The first-order valence-electron chi connectivity index (χ1n) is 9.18. The van der Waals surface area contributed by atoms with Gasteiger partial charge in [-0.15, -0.1) is 0 Å². The second-order valence-corrected chi connectivity index (χ2v) is 6.93. The molecule has 0 bridgehead atoms. The highest BCUT2D eigenvalue weighted by molar-refractivity contribution is 6.30. The van der Waals surface area contributed by atoms with Crippen LogP contribution in [0, 0.1) is 18.3 Å². The van der Waals surface area contributed by atoms with E-state index in [9.17, 15) is 20.0 Å². The Morgan fingerprint density at radius 3 is 2.54 bits per heavy atom. The minimum Gasteiger partial charge on any atom is -0.494 e. The highest BCUT2D eigenvalue weighted by Crippen LogP contribution is 2.24. The lowest BCUT2D eigenvalue weighted by atomic mass is 10.0. The molecule has 148 valence electrons. The highest BCUT2D eigenvalue weighted by Gasteiger charge is 2.24. The molecule has 0 saturated carbocycles. The number of rotatable bonds is 9. The monoisotopic (exact) mass is 402 g/mol. The average Bonchev–Trinajstić information content (AvgIpc) is 2.67. The molecule has 7 heteroatoms.